The summed E-state index contributed by atoms with van der Waals surface area (Å²) in [7, 11) is 0. The minimum atomic E-state index is -0.199. The lowest BCUT2D eigenvalue weighted by atomic mass is 9.57. The van der Waals surface area contributed by atoms with Gasteiger partial charge in [0.05, 0.1) is 12.5 Å². The highest BCUT2D eigenvalue weighted by atomic mass is 16.5. The Kier molecular flexibility index (Phi) is 4.29. The lowest BCUT2D eigenvalue weighted by Crippen LogP contribution is -2.65. The molecule has 3 aliphatic rings. The molecule has 1 aliphatic heterocycles. The second-order valence-electron chi connectivity index (χ2n) is 8.65. The van der Waals surface area contributed by atoms with Gasteiger partial charge >= 0.3 is 5.97 Å². The van der Waals surface area contributed by atoms with Crippen LogP contribution in [0.2, 0.25) is 0 Å². The molecule has 132 valence electrons. The van der Waals surface area contributed by atoms with Crippen molar-refractivity contribution < 1.29 is 9.53 Å². The molecule has 0 unspecified atom stereocenters. The summed E-state index contributed by atoms with van der Waals surface area (Å²) in [6.45, 7) is 12.2. The zero-order chi connectivity index (χ0) is 16.9. The first kappa shape index (κ1) is 17.2. The fraction of sp³-hybridized carbons (Fsp3) is 0.947. The van der Waals surface area contributed by atoms with Crippen molar-refractivity contribution in [2.75, 3.05) is 26.2 Å². The fourth-order valence-corrected chi connectivity index (χ4v) is 6.40. The Morgan fingerprint density at radius 3 is 2.39 bits per heavy atom. The summed E-state index contributed by atoms with van der Waals surface area (Å²) >= 11 is 0. The number of likely N-dealkylation sites (tertiary alicyclic amines) is 1. The van der Waals surface area contributed by atoms with Crippen molar-refractivity contribution in [2.24, 2.45) is 28.4 Å². The summed E-state index contributed by atoms with van der Waals surface area (Å²) in [5.41, 5.74) is 6.46. The monoisotopic (exact) mass is 322 g/mol. The molecule has 4 heteroatoms. The van der Waals surface area contributed by atoms with Crippen LogP contribution in [-0.2, 0) is 9.53 Å². The molecular formula is C19H34N2O2. The maximum absolute atomic E-state index is 12.8. The summed E-state index contributed by atoms with van der Waals surface area (Å²) in [6.07, 6.45) is 6.08. The van der Waals surface area contributed by atoms with Gasteiger partial charge in [-0.15, -0.1) is 0 Å². The summed E-state index contributed by atoms with van der Waals surface area (Å²) < 4.78 is 5.47. The van der Waals surface area contributed by atoms with E-state index in [0.717, 1.165) is 19.5 Å². The lowest BCUT2D eigenvalue weighted by molar-refractivity contribution is -0.161. The Labute approximate surface area is 141 Å². The second kappa shape index (κ2) is 5.73. The molecule has 2 bridgehead atoms. The van der Waals surface area contributed by atoms with E-state index in [1.54, 1.807) is 0 Å². The maximum Gasteiger partial charge on any atom is 0.312 e. The average Bonchev–Trinajstić information content (AvgIpc) is 3.14. The van der Waals surface area contributed by atoms with Gasteiger partial charge in [0.15, 0.2) is 0 Å². The van der Waals surface area contributed by atoms with Crippen LogP contribution in [0.25, 0.3) is 0 Å². The van der Waals surface area contributed by atoms with E-state index in [4.69, 9.17) is 10.5 Å². The van der Waals surface area contributed by atoms with Gasteiger partial charge in [0.2, 0.25) is 0 Å². The van der Waals surface area contributed by atoms with Crippen molar-refractivity contribution in [3.8, 4) is 0 Å². The van der Waals surface area contributed by atoms with E-state index in [0.29, 0.717) is 19.1 Å². The molecule has 0 radical (unpaired) electrons. The molecule has 0 aromatic rings. The molecule has 3 fully saturated rings. The maximum atomic E-state index is 12.8. The molecule has 1 saturated heterocycles. The number of nitrogens with zero attached hydrogens (tertiary/aromatic N) is 1. The highest BCUT2D eigenvalue weighted by Gasteiger charge is 2.73. The average molecular weight is 322 g/mol. The fourth-order valence-electron chi connectivity index (χ4n) is 6.40. The van der Waals surface area contributed by atoms with Gasteiger partial charge in [-0.2, -0.15) is 0 Å². The topological polar surface area (TPSA) is 55.6 Å². The zero-order valence-electron chi connectivity index (χ0n) is 15.4. The summed E-state index contributed by atoms with van der Waals surface area (Å²) in [4.78, 5) is 15.5. The summed E-state index contributed by atoms with van der Waals surface area (Å²) in [6, 6.07) is 0. The van der Waals surface area contributed by atoms with Gasteiger partial charge in [-0.25, -0.2) is 0 Å². The van der Waals surface area contributed by atoms with Gasteiger partial charge in [0.1, 0.15) is 0 Å². The second-order valence-corrected chi connectivity index (χ2v) is 8.65. The van der Waals surface area contributed by atoms with Gasteiger partial charge in [-0.05, 0) is 68.9 Å². The Balaban J connectivity index is 2.08. The third kappa shape index (κ3) is 2.07. The number of nitrogens with two attached hydrogens (primary N) is 1. The first-order valence-electron chi connectivity index (χ1n) is 9.47. The summed E-state index contributed by atoms with van der Waals surface area (Å²) in [5, 5.41) is 0. The Morgan fingerprint density at radius 2 is 1.96 bits per heavy atom. The standard InChI is InChI=1S/C19H34N2O2/c1-5-23-16(22)15(13-20)19(21-10-6-7-11-21)12-14-8-9-18(19,4)17(14,2)3/h14-15H,5-13,20H2,1-4H3/t14-,15-,18+,19-/m0/s1. The predicted octanol–water partition coefficient (Wildman–Crippen LogP) is 2.81. The van der Waals surface area contributed by atoms with E-state index < -0.39 is 0 Å². The predicted molar refractivity (Wildman–Crippen MR) is 91.9 cm³/mol. The van der Waals surface area contributed by atoms with Crippen molar-refractivity contribution >= 4 is 5.97 Å². The van der Waals surface area contributed by atoms with Crippen molar-refractivity contribution in [1.82, 2.24) is 4.90 Å². The van der Waals surface area contributed by atoms with Crippen LogP contribution in [0, 0.1) is 22.7 Å². The van der Waals surface area contributed by atoms with Gasteiger partial charge in [-0.1, -0.05) is 20.8 Å². The minimum absolute atomic E-state index is 0.0773. The molecule has 2 saturated carbocycles. The first-order chi connectivity index (χ1) is 10.8. The quantitative estimate of drug-likeness (QED) is 0.791. The van der Waals surface area contributed by atoms with E-state index in [9.17, 15) is 4.79 Å². The van der Waals surface area contributed by atoms with Gasteiger partial charge < -0.3 is 10.5 Å². The van der Waals surface area contributed by atoms with Crippen molar-refractivity contribution in [3.05, 3.63) is 0 Å². The molecule has 4 atom stereocenters. The SMILES string of the molecule is CCOC(=O)[C@H](CN)[C@@]1(N2CCCC2)C[C@@H]2CC[C@]1(C)C2(C)C. The highest BCUT2D eigenvalue weighted by Crippen LogP contribution is 2.73. The van der Waals surface area contributed by atoms with Crippen LogP contribution in [0.1, 0.15) is 59.8 Å². The van der Waals surface area contributed by atoms with Crippen LogP contribution >= 0.6 is 0 Å². The van der Waals surface area contributed by atoms with Crippen molar-refractivity contribution in [1.29, 1.82) is 0 Å². The van der Waals surface area contributed by atoms with E-state index in [-0.39, 0.29) is 28.3 Å². The van der Waals surface area contributed by atoms with Crippen LogP contribution < -0.4 is 5.73 Å². The molecular weight excluding hydrogens is 288 g/mol. The molecule has 1 heterocycles. The summed E-state index contributed by atoms with van der Waals surface area (Å²) in [5.74, 6) is 0.415. The van der Waals surface area contributed by atoms with E-state index in [1.165, 1.54) is 25.7 Å². The van der Waals surface area contributed by atoms with E-state index in [2.05, 4.69) is 25.7 Å². The minimum Gasteiger partial charge on any atom is -0.466 e. The Hall–Kier alpha value is -0.610. The van der Waals surface area contributed by atoms with Crippen molar-refractivity contribution in [2.45, 2.75) is 65.3 Å². The number of esters is 1. The molecule has 3 rings (SSSR count). The van der Waals surface area contributed by atoms with E-state index in [1.807, 2.05) is 6.92 Å². The van der Waals surface area contributed by atoms with Crippen molar-refractivity contribution in [3.63, 3.8) is 0 Å². The lowest BCUT2D eigenvalue weighted by Gasteiger charge is -2.56. The molecule has 0 amide bonds. The van der Waals surface area contributed by atoms with Crippen LogP contribution in [0.4, 0.5) is 0 Å². The van der Waals surface area contributed by atoms with E-state index >= 15 is 0 Å². The van der Waals surface area contributed by atoms with Gasteiger partial charge in [-0.3, -0.25) is 9.69 Å². The number of fused-ring (bicyclic) bond motifs is 2. The molecule has 4 nitrogen and oxygen atoms in total. The molecule has 0 aromatic heterocycles. The van der Waals surface area contributed by atoms with Crippen LogP contribution in [0.15, 0.2) is 0 Å². The molecule has 0 spiro atoms. The normalized spacial score (nSPS) is 40.5. The zero-order valence-corrected chi connectivity index (χ0v) is 15.4. The number of carbonyl (C=O) groups is 1. The number of hydrogen-bond donors (Lipinski definition) is 1. The molecule has 2 aliphatic carbocycles. The van der Waals surface area contributed by atoms with Crippen LogP contribution in [-0.4, -0.2) is 42.6 Å². The Bertz CT molecular complexity index is 472. The number of ether oxygens (including phenoxy) is 1. The highest BCUT2D eigenvalue weighted by molar-refractivity contribution is 5.75. The molecule has 0 aromatic carbocycles. The number of rotatable bonds is 5. The third-order valence-corrected chi connectivity index (χ3v) is 8.00. The van der Waals surface area contributed by atoms with Gasteiger partial charge in [0.25, 0.3) is 0 Å². The number of carbonyl (C=O) groups excluding carboxylic acids is 1. The Morgan fingerprint density at radius 1 is 1.30 bits per heavy atom. The number of hydrogen-bond acceptors (Lipinski definition) is 4. The molecule has 23 heavy (non-hydrogen) atoms. The first-order valence-corrected chi connectivity index (χ1v) is 9.47. The van der Waals surface area contributed by atoms with Gasteiger partial charge in [0, 0.05) is 12.1 Å². The van der Waals surface area contributed by atoms with Crippen LogP contribution in [0.3, 0.4) is 0 Å². The molecule has 2 N–H and O–H groups in total. The largest absolute Gasteiger partial charge is 0.466 e. The smallest absolute Gasteiger partial charge is 0.312 e. The van der Waals surface area contributed by atoms with Crippen LogP contribution in [0.5, 0.6) is 0 Å². The third-order valence-electron chi connectivity index (χ3n) is 8.00.